The first-order valence-electron chi connectivity index (χ1n) is 7.72. The van der Waals surface area contributed by atoms with Gasteiger partial charge < -0.3 is 9.47 Å². The quantitative estimate of drug-likeness (QED) is 0.710. The van der Waals surface area contributed by atoms with Crippen LogP contribution < -0.4 is 0 Å². The Morgan fingerprint density at radius 1 is 0.950 bits per heavy atom. The minimum absolute atomic E-state index is 0.237. The first kappa shape index (κ1) is 12.6. The molecule has 0 unspecified atom stereocenters. The van der Waals surface area contributed by atoms with Gasteiger partial charge in [-0.1, -0.05) is 29.8 Å². The van der Waals surface area contributed by atoms with Crippen LogP contribution in [0.15, 0.2) is 23.8 Å². The van der Waals surface area contributed by atoms with E-state index >= 15 is 0 Å². The largest absolute Gasteiger partial charge is 0.348 e. The van der Waals surface area contributed by atoms with Crippen molar-refractivity contribution in [2.24, 2.45) is 0 Å². The van der Waals surface area contributed by atoms with Gasteiger partial charge in [-0.2, -0.15) is 0 Å². The number of fused-ring (bicyclic) bond motifs is 2. The van der Waals surface area contributed by atoms with Crippen molar-refractivity contribution < 1.29 is 9.47 Å². The van der Waals surface area contributed by atoms with E-state index in [9.17, 15) is 0 Å². The van der Waals surface area contributed by atoms with Crippen LogP contribution in [0.5, 0.6) is 0 Å². The van der Waals surface area contributed by atoms with E-state index in [-0.39, 0.29) is 11.2 Å². The lowest BCUT2D eigenvalue weighted by Crippen LogP contribution is -2.42. The zero-order valence-electron chi connectivity index (χ0n) is 12.4. The fraction of sp³-hybridized carbons (Fsp3) is 0.556. The highest BCUT2D eigenvalue weighted by Gasteiger charge is 2.50. The van der Waals surface area contributed by atoms with Crippen LogP contribution in [-0.2, 0) is 14.9 Å². The molecule has 106 valence electrons. The van der Waals surface area contributed by atoms with Crippen molar-refractivity contribution in [2.45, 2.75) is 50.7 Å². The fourth-order valence-corrected chi connectivity index (χ4v) is 4.52. The van der Waals surface area contributed by atoms with Gasteiger partial charge in [0.15, 0.2) is 5.79 Å². The zero-order chi connectivity index (χ0) is 13.8. The van der Waals surface area contributed by atoms with Crippen molar-refractivity contribution in [1.82, 2.24) is 0 Å². The Bertz CT molecular complexity index is 569. The molecule has 0 amide bonds. The summed E-state index contributed by atoms with van der Waals surface area (Å²) in [4.78, 5) is 0. The van der Waals surface area contributed by atoms with Crippen molar-refractivity contribution >= 4 is 6.08 Å². The average molecular weight is 270 g/mol. The Balaban J connectivity index is 1.72. The van der Waals surface area contributed by atoms with E-state index in [0.29, 0.717) is 0 Å². The third kappa shape index (κ3) is 1.58. The summed E-state index contributed by atoms with van der Waals surface area (Å²) in [5, 5.41) is 0. The van der Waals surface area contributed by atoms with Crippen LogP contribution in [0.4, 0.5) is 0 Å². The molecule has 1 aromatic carbocycles. The van der Waals surface area contributed by atoms with Crippen LogP contribution in [0.1, 0.15) is 49.3 Å². The summed E-state index contributed by atoms with van der Waals surface area (Å²) >= 11 is 0. The molecule has 1 saturated heterocycles. The van der Waals surface area contributed by atoms with E-state index in [4.69, 9.17) is 9.47 Å². The van der Waals surface area contributed by atoms with Gasteiger partial charge in [0.2, 0.25) is 0 Å². The molecule has 1 heterocycles. The molecule has 1 saturated carbocycles. The first-order valence-corrected chi connectivity index (χ1v) is 7.72. The highest BCUT2D eigenvalue weighted by Crippen LogP contribution is 2.54. The van der Waals surface area contributed by atoms with Crippen LogP contribution >= 0.6 is 0 Å². The van der Waals surface area contributed by atoms with Crippen molar-refractivity contribution in [2.75, 3.05) is 13.2 Å². The minimum atomic E-state index is -0.267. The number of aryl methyl sites for hydroxylation is 1. The monoisotopic (exact) mass is 270 g/mol. The van der Waals surface area contributed by atoms with Crippen molar-refractivity contribution in [1.29, 1.82) is 0 Å². The maximum absolute atomic E-state index is 5.90. The molecule has 3 aliphatic rings. The first-order chi connectivity index (χ1) is 9.65. The van der Waals surface area contributed by atoms with Crippen LogP contribution in [0.2, 0.25) is 0 Å². The zero-order valence-corrected chi connectivity index (χ0v) is 12.4. The molecule has 2 heteroatoms. The number of hydrogen-bond acceptors (Lipinski definition) is 2. The van der Waals surface area contributed by atoms with Gasteiger partial charge in [-0.25, -0.2) is 0 Å². The van der Waals surface area contributed by atoms with Crippen LogP contribution in [0, 0.1) is 6.92 Å². The lowest BCUT2D eigenvalue weighted by molar-refractivity contribution is -0.183. The second-order valence-corrected chi connectivity index (χ2v) is 6.56. The van der Waals surface area contributed by atoms with Gasteiger partial charge in [-0.05, 0) is 43.4 Å². The van der Waals surface area contributed by atoms with Gasteiger partial charge >= 0.3 is 0 Å². The average Bonchev–Trinajstić information content (AvgIpc) is 2.99. The van der Waals surface area contributed by atoms with E-state index in [1.54, 1.807) is 5.56 Å². The SMILES string of the molecule is CC1=Cc2cccc(C)c2C12CCC1(CC2)OCCO1. The highest BCUT2D eigenvalue weighted by atomic mass is 16.7. The number of rotatable bonds is 0. The summed E-state index contributed by atoms with van der Waals surface area (Å²) in [7, 11) is 0. The van der Waals surface area contributed by atoms with E-state index in [0.717, 1.165) is 38.9 Å². The van der Waals surface area contributed by atoms with Gasteiger partial charge in [0.25, 0.3) is 0 Å². The molecule has 1 aromatic rings. The predicted octanol–water partition coefficient (Wildman–Crippen LogP) is 3.97. The Morgan fingerprint density at radius 3 is 2.35 bits per heavy atom. The predicted molar refractivity (Wildman–Crippen MR) is 79.6 cm³/mol. The Morgan fingerprint density at radius 2 is 1.65 bits per heavy atom. The second-order valence-electron chi connectivity index (χ2n) is 6.56. The summed E-state index contributed by atoms with van der Waals surface area (Å²) in [6.45, 7) is 6.07. The standard InChI is InChI=1S/C18H22O2/c1-13-4-3-5-15-12-14(2)17(16(13)15)6-8-18(9-7-17)19-10-11-20-18/h3-5,12H,6-11H2,1-2H3. The summed E-state index contributed by atoms with van der Waals surface area (Å²) in [5.41, 5.74) is 6.17. The molecule has 0 N–H and O–H groups in total. The van der Waals surface area contributed by atoms with Crippen LogP contribution in [0.25, 0.3) is 6.08 Å². The van der Waals surface area contributed by atoms with Crippen molar-refractivity contribution in [3.8, 4) is 0 Å². The molecule has 0 atom stereocenters. The molecule has 2 spiro atoms. The molecule has 2 nitrogen and oxygen atoms in total. The smallest absolute Gasteiger partial charge is 0.168 e. The van der Waals surface area contributed by atoms with Gasteiger partial charge in [0.05, 0.1) is 13.2 Å². The molecule has 0 aromatic heterocycles. The molecule has 20 heavy (non-hydrogen) atoms. The Kier molecular flexibility index (Phi) is 2.64. The number of hydrogen-bond donors (Lipinski definition) is 0. The summed E-state index contributed by atoms with van der Waals surface area (Å²) in [6.07, 6.45) is 6.72. The molecule has 4 rings (SSSR count). The van der Waals surface area contributed by atoms with Crippen molar-refractivity contribution in [3.05, 3.63) is 40.5 Å². The van der Waals surface area contributed by atoms with Gasteiger partial charge in [0.1, 0.15) is 0 Å². The third-order valence-electron chi connectivity index (χ3n) is 5.59. The molecular weight excluding hydrogens is 248 g/mol. The summed E-state index contributed by atoms with van der Waals surface area (Å²) in [6, 6.07) is 6.68. The number of allylic oxidation sites excluding steroid dienone is 1. The molecule has 1 aliphatic heterocycles. The molecule has 2 aliphatic carbocycles. The maximum Gasteiger partial charge on any atom is 0.168 e. The number of benzene rings is 1. The lowest BCUT2D eigenvalue weighted by Gasteiger charge is -2.44. The third-order valence-corrected chi connectivity index (χ3v) is 5.59. The Labute approximate surface area is 120 Å². The van der Waals surface area contributed by atoms with Gasteiger partial charge in [-0.15, -0.1) is 0 Å². The van der Waals surface area contributed by atoms with Gasteiger partial charge in [0, 0.05) is 18.3 Å². The lowest BCUT2D eigenvalue weighted by atomic mass is 9.65. The maximum atomic E-state index is 5.90. The normalized spacial score (nSPS) is 26.0. The van der Waals surface area contributed by atoms with Crippen molar-refractivity contribution in [3.63, 3.8) is 0 Å². The van der Waals surface area contributed by atoms with Crippen LogP contribution in [-0.4, -0.2) is 19.0 Å². The molecule has 0 bridgehead atoms. The van der Waals surface area contributed by atoms with E-state index in [1.165, 1.54) is 16.7 Å². The number of ether oxygens (including phenoxy) is 2. The van der Waals surface area contributed by atoms with Crippen LogP contribution in [0.3, 0.4) is 0 Å². The highest BCUT2D eigenvalue weighted by molar-refractivity contribution is 5.70. The van der Waals surface area contributed by atoms with E-state index in [2.05, 4.69) is 38.1 Å². The summed E-state index contributed by atoms with van der Waals surface area (Å²) in [5.74, 6) is -0.267. The molecule has 0 radical (unpaired) electrons. The summed E-state index contributed by atoms with van der Waals surface area (Å²) < 4.78 is 11.8. The van der Waals surface area contributed by atoms with E-state index < -0.39 is 0 Å². The second kappa shape index (κ2) is 4.19. The minimum Gasteiger partial charge on any atom is -0.348 e. The fourth-order valence-electron chi connectivity index (χ4n) is 4.52. The topological polar surface area (TPSA) is 18.5 Å². The molecule has 2 fully saturated rings. The Hall–Kier alpha value is -1.12. The van der Waals surface area contributed by atoms with Gasteiger partial charge in [-0.3, -0.25) is 0 Å². The molecular formula is C18H22O2. The van der Waals surface area contributed by atoms with E-state index in [1.807, 2.05) is 0 Å².